The lowest BCUT2D eigenvalue weighted by molar-refractivity contribution is -0.123. The maximum atomic E-state index is 12.9. The third-order valence-electron chi connectivity index (χ3n) is 5.80. The van der Waals surface area contributed by atoms with Crippen molar-refractivity contribution in [3.05, 3.63) is 76.2 Å². The van der Waals surface area contributed by atoms with Gasteiger partial charge in [-0.15, -0.1) is 0 Å². The van der Waals surface area contributed by atoms with Crippen molar-refractivity contribution in [1.29, 1.82) is 0 Å². The van der Waals surface area contributed by atoms with Gasteiger partial charge in [0, 0.05) is 17.8 Å². The zero-order chi connectivity index (χ0) is 22.2. The number of amides is 2. The SMILES string of the molecule is CCCN1c2ccc(/C=C3/SC(=O)N(Cc4ccccc4)C3=O)cc2C(C)=CC1(C)C. The second-order valence-electron chi connectivity index (χ2n) is 8.66. The highest BCUT2D eigenvalue weighted by atomic mass is 32.2. The van der Waals surface area contributed by atoms with Crippen molar-refractivity contribution in [3.63, 3.8) is 0 Å². The van der Waals surface area contributed by atoms with Crippen LogP contribution >= 0.6 is 11.8 Å². The lowest BCUT2D eigenvalue weighted by Crippen LogP contribution is -2.45. The Hall–Kier alpha value is -2.79. The van der Waals surface area contributed by atoms with Crippen LogP contribution in [-0.4, -0.2) is 28.1 Å². The summed E-state index contributed by atoms with van der Waals surface area (Å²) in [6.45, 7) is 10.1. The monoisotopic (exact) mass is 432 g/mol. The first kappa shape index (κ1) is 21.4. The van der Waals surface area contributed by atoms with E-state index in [1.54, 1.807) is 0 Å². The number of thioether (sulfide) groups is 1. The van der Waals surface area contributed by atoms with E-state index in [2.05, 4.69) is 50.8 Å². The molecule has 0 radical (unpaired) electrons. The molecule has 0 spiro atoms. The van der Waals surface area contributed by atoms with Crippen LogP contribution in [0.4, 0.5) is 10.5 Å². The fourth-order valence-electron chi connectivity index (χ4n) is 4.38. The Bertz CT molecular complexity index is 1090. The van der Waals surface area contributed by atoms with Crippen molar-refractivity contribution < 1.29 is 9.59 Å². The Balaban J connectivity index is 1.62. The number of rotatable bonds is 5. The number of carbonyl (C=O) groups excluding carboxylic acids is 2. The Morgan fingerprint density at radius 3 is 2.52 bits per heavy atom. The van der Waals surface area contributed by atoms with Crippen LogP contribution in [0, 0.1) is 0 Å². The standard InChI is InChI=1S/C26H28N2O2S/c1-5-13-28-22-12-11-20(14-21(22)18(2)16-26(28,3)4)15-23-24(29)27(25(30)31-23)17-19-9-7-6-8-10-19/h6-12,14-16H,5,13,17H2,1-4H3/b23-15+. The van der Waals surface area contributed by atoms with E-state index >= 15 is 0 Å². The molecular weight excluding hydrogens is 404 g/mol. The summed E-state index contributed by atoms with van der Waals surface area (Å²) in [5.74, 6) is -0.224. The Kier molecular flexibility index (Phi) is 5.80. The number of nitrogens with zero attached hydrogens (tertiary/aromatic N) is 2. The number of hydrogen-bond acceptors (Lipinski definition) is 4. The number of allylic oxidation sites excluding steroid dienone is 1. The van der Waals surface area contributed by atoms with Crippen molar-refractivity contribution in [2.24, 2.45) is 0 Å². The lowest BCUT2D eigenvalue weighted by atomic mass is 9.88. The number of benzene rings is 2. The van der Waals surface area contributed by atoms with Gasteiger partial charge in [0.1, 0.15) is 0 Å². The third kappa shape index (κ3) is 4.19. The van der Waals surface area contributed by atoms with Gasteiger partial charge in [-0.3, -0.25) is 14.5 Å². The van der Waals surface area contributed by atoms with E-state index < -0.39 is 0 Å². The van der Waals surface area contributed by atoms with Crippen molar-refractivity contribution in [1.82, 2.24) is 4.90 Å². The number of imide groups is 1. The van der Waals surface area contributed by atoms with E-state index in [0.29, 0.717) is 11.4 Å². The Labute approximate surface area is 188 Å². The fourth-order valence-corrected chi connectivity index (χ4v) is 5.21. The minimum absolute atomic E-state index is 0.0330. The number of anilines is 1. The summed E-state index contributed by atoms with van der Waals surface area (Å²) < 4.78 is 0. The van der Waals surface area contributed by atoms with Gasteiger partial charge in [-0.1, -0.05) is 49.4 Å². The van der Waals surface area contributed by atoms with Gasteiger partial charge in [-0.25, -0.2) is 0 Å². The first-order valence-corrected chi connectivity index (χ1v) is 11.5. The van der Waals surface area contributed by atoms with E-state index in [1.165, 1.54) is 21.7 Å². The largest absolute Gasteiger partial charge is 0.362 e. The summed E-state index contributed by atoms with van der Waals surface area (Å²) in [4.78, 5) is 29.6. The molecular formula is C26H28N2O2S. The molecule has 0 aromatic heterocycles. The number of carbonyl (C=O) groups is 2. The summed E-state index contributed by atoms with van der Waals surface area (Å²) in [5.41, 5.74) is 5.49. The number of fused-ring (bicyclic) bond motifs is 1. The van der Waals surface area contributed by atoms with Gasteiger partial charge < -0.3 is 4.90 Å². The highest BCUT2D eigenvalue weighted by molar-refractivity contribution is 8.18. The molecule has 0 bridgehead atoms. The molecule has 0 unspecified atom stereocenters. The predicted molar refractivity (Wildman–Crippen MR) is 130 cm³/mol. The van der Waals surface area contributed by atoms with Gasteiger partial charge in [-0.05, 0) is 73.9 Å². The minimum atomic E-state index is -0.224. The van der Waals surface area contributed by atoms with E-state index in [1.807, 2.05) is 42.5 Å². The summed E-state index contributed by atoms with van der Waals surface area (Å²) in [6.07, 6.45) is 5.22. The zero-order valence-electron chi connectivity index (χ0n) is 18.5. The summed E-state index contributed by atoms with van der Waals surface area (Å²) in [6, 6.07) is 15.9. The molecule has 31 heavy (non-hydrogen) atoms. The van der Waals surface area contributed by atoms with Gasteiger partial charge in [0.2, 0.25) is 0 Å². The van der Waals surface area contributed by atoms with Crippen LogP contribution in [0.2, 0.25) is 0 Å². The minimum Gasteiger partial charge on any atom is -0.362 e. The second kappa shape index (κ2) is 8.39. The molecule has 2 aromatic carbocycles. The maximum Gasteiger partial charge on any atom is 0.293 e. The van der Waals surface area contributed by atoms with E-state index in [4.69, 9.17) is 0 Å². The highest BCUT2D eigenvalue weighted by Crippen LogP contribution is 2.40. The maximum absolute atomic E-state index is 12.9. The first-order valence-electron chi connectivity index (χ1n) is 10.7. The molecule has 4 rings (SSSR count). The molecule has 1 fully saturated rings. The fraction of sp³-hybridized carbons (Fsp3) is 0.308. The van der Waals surface area contributed by atoms with Crippen molar-refractivity contribution in [2.75, 3.05) is 11.4 Å². The molecule has 2 aromatic rings. The van der Waals surface area contributed by atoms with Crippen LogP contribution in [0.15, 0.2) is 59.5 Å². The molecule has 2 aliphatic rings. The Morgan fingerprint density at radius 2 is 1.81 bits per heavy atom. The summed E-state index contributed by atoms with van der Waals surface area (Å²) in [7, 11) is 0. The molecule has 2 heterocycles. The van der Waals surface area contributed by atoms with Gasteiger partial charge in [0.25, 0.3) is 11.1 Å². The predicted octanol–water partition coefficient (Wildman–Crippen LogP) is 6.34. The average Bonchev–Trinajstić information content (AvgIpc) is 2.99. The average molecular weight is 433 g/mol. The smallest absolute Gasteiger partial charge is 0.293 e. The normalized spacial score (nSPS) is 19.1. The molecule has 0 aliphatic carbocycles. The van der Waals surface area contributed by atoms with Crippen LogP contribution in [0.3, 0.4) is 0 Å². The van der Waals surface area contributed by atoms with Crippen LogP contribution < -0.4 is 4.90 Å². The molecule has 5 heteroatoms. The van der Waals surface area contributed by atoms with E-state index in [0.717, 1.165) is 35.9 Å². The van der Waals surface area contributed by atoms with Crippen LogP contribution in [0.5, 0.6) is 0 Å². The van der Waals surface area contributed by atoms with Gasteiger partial charge in [0.15, 0.2) is 0 Å². The van der Waals surface area contributed by atoms with Crippen molar-refractivity contribution >= 4 is 40.2 Å². The second-order valence-corrected chi connectivity index (χ2v) is 9.66. The van der Waals surface area contributed by atoms with Crippen LogP contribution in [0.1, 0.15) is 50.8 Å². The summed E-state index contributed by atoms with van der Waals surface area (Å²) in [5, 5.41) is -0.218. The molecule has 2 amide bonds. The Morgan fingerprint density at radius 1 is 1.06 bits per heavy atom. The van der Waals surface area contributed by atoms with Crippen molar-refractivity contribution in [3.8, 4) is 0 Å². The van der Waals surface area contributed by atoms with Gasteiger partial charge in [-0.2, -0.15) is 0 Å². The highest BCUT2D eigenvalue weighted by Gasteiger charge is 2.35. The zero-order valence-corrected chi connectivity index (χ0v) is 19.3. The molecule has 2 aliphatic heterocycles. The van der Waals surface area contributed by atoms with Gasteiger partial charge >= 0.3 is 0 Å². The molecule has 4 nitrogen and oxygen atoms in total. The van der Waals surface area contributed by atoms with Gasteiger partial charge in [0.05, 0.1) is 17.0 Å². The number of hydrogen-bond donors (Lipinski definition) is 0. The summed E-state index contributed by atoms with van der Waals surface area (Å²) >= 11 is 1.02. The van der Waals surface area contributed by atoms with Crippen LogP contribution in [0.25, 0.3) is 11.6 Å². The molecule has 0 atom stereocenters. The molecule has 160 valence electrons. The van der Waals surface area contributed by atoms with E-state index in [9.17, 15) is 9.59 Å². The van der Waals surface area contributed by atoms with Crippen molar-refractivity contribution in [2.45, 2.75) is 46.2 Å². The molecule has 1 saturated heterocycles. The quantitative estimate of drug-likeness (QED) is 0.517. The van der Waals surface area contributed by atoms with Crippen LogP contribution in [-0.2, 0) is 11.3 Å². The first-order chi connectivity index (χ1) is 14.8. The molecule has 0 saturated carbocycles. The van der Waals surface area contributed by atoms with E-state index in [-0.39, 0.29) is 16.7 Å². The topological polar surface area (TPSA) is 40.6 Å². The third-order valence-corrected chi connectivity index (χ3v) is 6.71. The lowest BCUT2D eigenvalue weighted by Gasteiger charge is -2.43. The molecule has 0 N–H and O–H groups in total.